The van der Waals surface area contributed by atoms with Crippen molar-refractivity contribution in [3.8, 4) is 0 Å². The van der Waals surface area contributed by atoms with E-state index >= 15 is 0 Å². The Kier molecular flexibility index (Phi) is 4.73. The van der Waals surface area contributed by atoms with Crippen LogP contribution in [-0.4, -0.2) is 16.7 Å². The zero-order valence-electron chi connectivity index (χ0n) is 11.4. The Labute approximate surface area is 108 Å². The number of hydrogen-bond donors (Lipinski definition) is 2. The minimum atomic E-state index is -0.429. The molecule has 0 heterocycles. The van der Waals surface area contributed by atoms with Crippen LogP contribution in [0.2, 0.25) is 0 Å². The third-order valence-electron chi connectivity index (χ3n) is 2.39. The number of aliphatic hydroxyl groups is 1. The number of carbonyl (C=O) groups excluding carboxylic acids is 1. The molecule has 1 amide bonds. The molecule has 1 aromatic carbocycles. The lowest BCUT2D eigenvalue weighted by Crippen LogP contribution is -2.41. The maximum atomic E-state index is 11.6. The molecule has 1 unspecified atom stereocenters. The van der Waals surface area contributed by atoms with Crippen LogP contribution in [0.5, 0.6) is 0 Å². The summed E-state index contributed by atoms with van der Waals surface area (Å²) in [6.07, 6.45) is -0.749. The van der Waals surface area contributed by atoms with E-state index < -0.39 is 6.09 Å². The molecule has 100 valence electrons. The molecule has 0 aromatic heterocycles. The van der Waals surface area contributed by atoms with Crippen LogP contribution in [0.1, 0.15) is 44.9 Å². The predicted octanol–water partition coefficient (Wildman–Crippen LogP) is 2.76. The number of amides is 1. The van der Waals surface area contributed by atoms with Crippen LogP contribution >= 0.6 is 0 Å². The molecule has 0 saturated heterocycles. The fourth-order valence-electron chi connectivity index (χ4n) is 1.46. The number of rotatable bonds is 3. The van der Waals surface area contributed by atoms with Gasteiger partial charge in [0.15, 0.2) is 0 Å². The second kappa shape index (κ2) is 5.87. The highest BCUT2D eigenvalue weighted by molar-refractivity contribution is 5.68. The molecule has 1 aromatic rings. The van der Waals surface area contributed by atoms with Gasteiger partial charge in [-0.05, 0) is 38.8 Å². The molecule has 4 heteroatoms. The first-order valence-electron chi connectivity index (χ1n) is 6.00. The Morgan fingerprint density at radius 3 is 2.33 bits per heavy atom. The van der Waals surface area contributed by atoms with Crippen molar-refractivity contribution >= 4 is 6.09 Å². The summed E-state index contributed by atoms with van der Waals surface area (Å²) in [6.45, 7) is 7.52. The number of carbonyl (C=O) groups is 1. The van der Waals surface area contributed by atoms with Gasteiger partial charge >= 0.3 is 6.09 Å². The highest BCUT2D eigenvalue weighted by Gasteiger charge is 2.17. The molecule has 0 aliphatic carbocycles. The van der Waals surface area contributed by atoms with Gasteiger partial charge in [-0.15, -0.1) is 0 Å². The lowest BCUT2D eigenvalue weighted by molar-refractivity contribution is 0.1000. The number of aliphatic hydroxyl groups excluding tert-OH is 1. The van der Waals surface area contributed by atoms with E-state index in [-0.39, 0.29) is 18.2 Å². The van der Waals surface area contributed by atoms with Crippen LogP contribution in [-0.2, 0) is 11.3 Å². The summed E-state index contributed by atoms with van der Waals surface area (Å²) >= 11 is 0. The van der Waals surface area contributed by atoms with E-state index in [1.165, 1.54) is 0 Å². The average molecular weight is 251 g/mol. The van der Waals surface area contributed by atoms with E-state index in [0.29, 0.717) is 0 Å². The van der Waals surface area contributed by atoms with Crippen molar-refractivity contribution in [1.82, 2.24) is 5.32 Å². The van der Waals surface area contributed by atoms with E-state index in [1.807, 2.05) is 52.0 Å². The predicted molar refractivity (Wildman–Crippen MR) is 70.1 cm³/mol. The smallest absolute Gasteiger partial charge is 0.408 e. The fraction of sp³-hybridized carbons (Fsp3) is 0.500. The van der Waals surface area contributed by atoms with Gasteiger partial charge in [-0.3, -0.25) is 0 Å². The normalized spacial score (nSPS) is 12.9. The van der Waals surface area contributed by atoms with Crippen LogP contribution < -0.4 is 5.32 Å². The molecule has 0 bridgehead atoms. The maximum Gasteiger partial charge on any atom is 0.408 e. The quantitative estimate of drug-likeness (QED) is 0.868. The Morgan fingerprint density at radius 2 is 1.89 bits per heavy atom. The molecule has 0 spiro atoms. The van der Waals surface area contributed by atoms with Crippen molar-refractivity contribution in [3.05, 3.63) is 35.4 Å². The maximum absolute atomic E-state index is 11.6. The van der Waals surface area contributed by atoms with Crippen LogP contribution in [0.25, 0.3) is 0 Å². The first-order chi connectivity index (χ1) is 8.31. The van der Waals surface area contributed by atoms with Gasteiger partial charge in [0.05, 0.1) is 6.61 Å². The Hall–Kier alpha value is -1.55. The van der Waals surface area contributed by atoms with Crippen LogP contribution in [0.15, 0.2) is 24.3 Å². The Bertz CT molecular complexity index is 392. The summed E-state index contributed by atoms with van der Waals surface area (Å²) in [5.74, 6) is 0. The van der Waals surface area contributed by atoms with Crippen LogP contribution in [0.4, 0.5) is 4.79 Å². The van der Waals surface area contributed by atoms with E-state index in [4.69, 9.17) is 9.84 Å². The van der Waals surface area contributed by atoms with Gasteiger partial charge in [0.25, 0.3) is 0 Å². The molecule has 2 N–H and O–H groups in total. The van der Waals surface area contributed by atoms with Crippen LogP contribution in [0, 0.1) is 0 Å². The summed E-state index contributed by atoms with van der Waals surface area (Å²) < 4.78 is 5.27. The van der Waals surface area contributed by atoms with Gasteiger partial charge in [0, 0.05) is 5.54 Å². The van der Waals surface area contributed by atoms with Gasteiger partial charge in [-0.25, -0.2) is 4.79 Å². The summed E-state index contributed by atoms with van der Waals surface area (Å²) in [4.78, 5) is 11.6. The van der Waals surface area contributed by atoms with Crippen molar-refractivity contribution < 1.29 is 14.6 Å². The number of benzene rings is 1. The molecule has 0 radical (unpaired) electrons. The molecule has 18 heavy (non-hydrogen) atoms. The fourth-order valence-corrected chi connectivity index (χ4v) is 1.46. The van der Waals surface area contributed by atoms with Gasteiger partial charge in [0.1, 0.15) is 6.10 Å². The van der Waals surface area contributed by atoms with E-state index in [9.17, 15) is 4.79 Å². The lowest BCUT2D eigenvalue weighted by Gasteiger charge is -2.22. The van der Waals surface area contributed by atoms with Crippen molar-refractivity contribution in [1.29, 1.82) is 0 Å². The van der Waals surface area contributed by atoms with E-state index in [1.54, 1.807) is 0 Å². The SMILES string of the molecule is CC(OC(=O)NC(C)(C)C)c1ccc(CO)cc1. The van der Waals surface area contributed by atoms with Gasteiger partial charge in [-0.2, -0.15) is 0 Å². The second-order valence-electron chi connectivity index (χ2n) is 5.32. The highest BCUT2D eigenvalue weighted by Crippen LogP contribution is 2.18. The highest BCUT2D eigenvalue weighted by atomic mass is 16.6. The second-order valence-corrected chi connectivity index (χ2v) is 5.32. The van der Waals surface area contributed by atoms with Crippen molar-refractivity contribution in [2.45, 2.75) is 45.9 Å². The molecule has 0 saturated carbocycles. The van der Waals surface area contributed by atoms with Gasteiger partial charge in [-0.1, -0.05) is 24.3 Å². The van der Waals surface area contributed by atoms with E-state index in [2.05, 4.69) is 5.32 Å². The summed E-state index contributed by atoms with van der Waals surface area (Å²) in [6, 6.07) is 7.33. The zero-order chi connectivity index (χ0) is 13.8. The number of nitrogens with one attached hydrogen (secondary N) is 1. The number of ether oxygens (including phenoxy) is 1. The molecule has 4 nitrogen and oxygen atoms in total. The zero-order valence-corrected chi connectivity index (χ0v) is 11.4. The number of alkyl carbamates (subject to hydrolysis) is 1. The molecule has 1 rings (SSSR count). The largest absolute Gasteiger partial charge is 0.442 e. The first-order valence-corrected chi connectivity index (χ1v) is 6.00. The van der Waals surface area contributed by atoms with E-state index in [0.717, 1.165) is 11.1 Å². The average Bonchev–Trinajstić information content (AvgIpc) is 2.26. The number of hydrogen-bond acceptors (Lipinski definition) is 3. The van der Waals surface area contributed by atoms with Crippen molar-refractivity contribution in [2.24, 2.45) is 0 Å². The monoisotopic (exact) mass is 251 g/mol. The standard InChI is InChI=1S/C14H21NO3/c1-10(18-13(17)15-14(2,3)4)12-7-5-11(9-16)6-8-12/h5-8,10,16H,9H2,1-4H3,(H,15,17). The van der Waals surface area contributed by atoms with Crippen molar-refractivity contribution in [3.63, 3.8) is 0 Å². The summed E-state index contributed by atoms with van der Waals surface area (Å²) in [5.41, 5.74) is 1.43. The Balaban J connectivity index is 2.59. The molecule has 0 aliphatic rings. The molecule has 0 aliphatic heterocycles. The minimum absolute atomic E-state index is 0.0139. The Morgan fingerprint density at radius 1 is 1.33 bits per heavy atom. The lowest BCUT2D eigenvalue weighted by atomic mass is 10.1. The van der Waals surface area contributed by atoms with Gasteiger partial charge < -0.3 is 15.2 Å². The van der Waals surface area contributed by atoms with Crippen LogP contribution in [0.3, 0.4) is 0 Å². The molecular formula is C14H21NO3. The molecule has 1 atom stereocenters. The molecule has 0 fully saturated rings. The minimum Gasteiger partial charge on any atom is -0.442 e. The first kappa shape index (κ1) is 14.5. The summed E-state index contributed by atoms with van der Waals surface area (Å²) in [7, 11) is 0. The summed E-state index contributed by atoms with van der Waals surface area (Å²) in [5, 5.41) is 11.7. The topological polar surface area (TPSA) is 58.6 Å². The molecular weight excluding hydrogens is 230 g/mol. The third kappa shape index (κ3) is 4.75. The third-order valence-corrected chi connectivity index (χ3v) is 2.39. The van der Waals surface area contributed by atoms with Gasteiger partial charge in [0.2, 0.25) is 0 Å². The van der Waals surface area contributed by atoms with Crippen molar-refractivity contribution in [2.75, 3.05) is 0 Å².